The fourth-order valence-corrected chi connectivity index (χ4v) is 15.1. The van der Waals surface area contributed by atoms with Gasteiger partial charge in [0.05, 0.1) is 86.7 Å². The van der Waals surface area contributed by atoms with Crippen LogP contribution in [0.3, 0.4) is 0 Å². The summed E-state index contributed by atoms with van der Waals surface area (Å²) in [7, 11) is 0. The van der Waals surface area contributed by atoms with E-state index in [1.54, 1.807) is 43.4 Å². The van der Waals surface area contributed by atoms with Gasteiger partial charge in [0.2, 0.25) is 24.2 Å². The number of benzene rings is 3. The minimum absolute atomic E-state index is 0.141. The average Bonchev–Trinajstić information content (AvgIpc) is 1.09. The number of pyridine rings is 1. The highest BCUT2D eigenvalue weighted by molar-refractivity contribution is 5.87. The van der Waals surface area contributed by atoms with Crippen molar-refractivity contribution in [1.29, 1.82) is 0 Å². The van der Waals surface area contributed by atoms with Gasteiger partial charge in [0.15, 0.2) is 0 Å². The monoisotopic (exact) mass is 1440 g/mol. The molecule has 3 aromatic carbocycles. The molecule has 0 amide bonds. The van der Waals surface area contributed by atoms with Gasteiger partial charge in [-0.05, 0) is 146 Å². The summed E-state index contributed by atoms with van der Waals surface area (Å²) in [5.41, 5.74) is 12.5. The molecule has 11 heterocycles. The Morgan fingerprint density at radius 2 is 0.811 bits per heavy atom. The summed E-state index contributed by atoms with van der Waals surface area (Å²) < 4.78 is 47.0. The predicted molar refractivity (Wildman–Crippen MR) is 404 cm³/mol. The minimum atomic E-state index is 0.141. The van der Waals surface area contributed by atoms with Gasteiger partial charge in [-0.3, -0.25) is 15.0 Å². The van der Waals surface area contributed by atoms with E-state index in [4.69, 9.17) is 42.6 Å². The third kappa shape index (κ3) is 17.7. The Hall–Kier alpha value is -10.0. The van der Waals surface area contributed by atoms with Gasteiger partial charge in [0.25, 0.3) is 0 Å². The highest BCUT2D eigenvalue weighted by Crippen LogP contribution is 2.39. The van der Waals surface area contributed by atoms with Crippen molar-refractivity contribution in [2.75, 3.05) is 128 Å². The van der Waals surface area contributed by atoms with Crippen molar-refractivity contribution in [3.05, 3.63) is 128 Å². The zero-order valence-electron chi connectivity index (χ0n) is 60.4. The van der Waals surface area contributed by atoms with Gasteiger partial charge in [-0.15, -0.1) is 10.2 Å². The summed E-state index contributed by atoms with van der Waals surface area (Å²) in [5, 5.41) is 21.9. The molecule has 4 N–H and O–H groups in total. The molecule has 18 rings (SSSR count). The van der Waals surface area contributed by atoms with Crippen LogP contribution in [0.2, 0.25) is 0 Å². The molecule has 7 aromatic heterocycles. The largest absolute Gasteiger partial charge is 0.488 e. The van der Waals surface area contributed by atoms with Crippen LogP contribution in [-0.4, -0.2) is 200 Å². The number of nitrogens with one attached hydrogen (secondary N) is 4. The summed E-state index contributed by atoms with van der Waals surface area (Å²) >= 11 is 0. The van der Waals surface area contributed by atoms with E-state index in [1.165, 1.54) is 24.8 Å². The second-order valence-corrected chi connectivity index (χ2v) is 28.8. The molecule has 4 aliphatic carbocycles. The van der Waals surface area contributed by atoms with Gasteiger partial charge in [-0.25, -0.2) is 34.9 Å². The summed E-state index contributed by atoms with van der Waals surface area (Å²) in [6, 6.07) is 16.3. The summed E-state index contributed by atoms with van der Waals surface area (Å²) in [5.74, 6) is 6.63. The molecular formula is C78H94N20O8. The summed E-state index contributed by atoms with van der Waals surface area (Å²) in [6.45, 7) is 15.4. The SMILES string of the molecule is Cc1cc(-c2nnco2)cnc1NC1CCC(Oc2cc(N3CCOCC3)cc3nccnc23)CC1.Cc1cnc(NC2CC2)nc1NC1CCC(Oc2cc(N3CCOCC3)cc3nccnc23)CC1.c1cnc2c(OC3CCC(Nc4ncc(C5CCOC5)cn4)CC3)cc(N3CCOCC3)cc2n1. The van der Waals surface area contributed by atoms with Crippen molar-refractivity contribution in [2.45, 2.75) is 159 Å². The van der Waals surface area contributed by atoms with Crippen molar-refractivity contribution < 1.29 is 37.6 Å². The highest BCUT2D eigenvalue weighted by atomic mass is 16.5. The third-order valence-corrected chi connectivity index (χ3v) is 21.3. The van der Waals surface area contributed by atoms with Crippen molar-refractivity contribution in [3.63, 3.8) is 0 Å². The Bertz CT molecular complexity index is 4520. The Balaban J connectivity index is 0.000000122. The molecule has 4 aliphatic heterocycles. The predicted octanol–water partition coefficient (Wildman–Crippen LogP) is 11.5. The topological polar surface area (TPSA) is 303 Å². The minimum Gasteiger partial charge on any atom is -0.488 e. The van der Waals surface area contributed by atoms with Gasteiger partial charge in [0, 0.05) is 179 Å². The van der Waals surface area contributed by atoms with Crippen molar-refractivity contribution in [1.82, 2.24) is 65.0 Å². The maximum Gasteiger partial charge on any atom is 0.248 e. The highest BCUT2D eigenvalue weighted by Gasteiger charge is 2.30. The zero-order valence-corrected chi connectivity index (χ0v) is 60.4. The molecule has 10 aromatic rings. The number of aryl methyl sites for hydroxylation is 2. The molecule has 554 valence electrons. The van der Waals surface area contributed by atoms with Crippen molar-refractivity contribution >= 4 is 73.7 Å². The Kier molecular flexibility index (Phi) is 22.3. The lowest BCUT2D eigenvalue weighted by atomic mass is 9.92. The number of ether oxygens (including phenoxy) is 7. The number of rotatable bonds is 19. The van der Waals surface area contributed by atoms with Gasteiger partial charge in [-0.1, -0.05) is 0 Å². The van der Waals surface area contributed by atoms with E-state index in [-0.39, 0.29) is 18.3 Å². The van der Waals surface area contributed by atoms with Gasteiger partial charge < -0.3 is 73.5 Å². The van der Waals surface area contributed by atoms with Gasteiger partial charge >= 0.3 is 0 Å². The van der Waals surface area contributed by atoms with Crippen LogP contribution >= 0.6 is 0 Å². The van der Waals surface area contributed by atoms with Crippen LogP contribution in [0, 0.1) is 13.8 Å². The second kappa shape index (κ2) is 33.6. The molecule has 1 unspecified atom stereocenters. The van der Waals surface area contributed by atoms with E-state index in [2.05, 4.69) is 139 Å². The molecular weight excluding hydrogens is 1340 g/mol. The number of morpholine rings is 3. The van der Waals surface area contributed by atoms with Crippen LogP contribution in [0.5, 0.6) is 17.2 Å². The average molecular weight is 1440 g/mol. The van der Waals surface area contributed by atoms with Crippen molar-refractivity contribution in [2.24, 2.45) is 0 Å². The first kappa shape index (κ1) is 70.3. The molecule has 1 atom stereocenters. The van der Waals surface area contributed by atoms with E-state index in [0.29, 0.717) is 41.9 Å². The van der Waals surface area contributed by atoms with Crippen LogP contribution in [0.4, 0.5) is 40.6 Å². The second-order valence-electron chi connectivity index (χ2n) is 28.8. The first-order valence-electron chi connectivity index (χ1n) is 38.0. The lowest BCUT2D eigenvalue weighted by molar-refractivity contribution is 0.122. The van der Waals surface area contributed by atoms with E-state index in [0.717, 1.165) is 277 Å². The van der Waals surface area contributed by atoms with Crippen molar-refractivity contribution in [3.8, 4) is 28.7 Å². The van der Waals surface area contributed by atoms with E-state index >= 15 is 0 Å². The fourth-order valence-electron chi connectivity index (χ4n) is 15.1. The maximum absolute atomic E-state index is 6.57. The number of hydrogen-bond acceptors (Lipinski definition) is 28. The molecule has 4 saturated carbocycles. The number of nitrogens with zero attached hydrogens (tertiary/aromatic N) is 16. The number of anilines is 7. The molecule has 0 bridgehead atoms. The first-order valence-corrected chi connectivity index (χ1v) is 38.0. The van der Waals surface area contributed by atoms with Crippen LogP contribution in [-0.2, 0) is 18.9 Å². The molecule has 0 radical (unpaired) electrons. The van der Waals surface area contributed by atoms with E-state index < -0.39 is 0 Å². The Morgan fingerprint density at radius 3 is 1.24 bits per heavy atom. The number of fused-ring (bicyclic) bond motifs is 3. The molecule has 4 saturated heterocycles. The molecule has 28 heteroatoms. The maximum atomic E-state index is 6.57. The van der Waals surface area contributed by atoms with Crippen LogP contribution in [0.1, 0.15) is 119 Å². The molecule has 28 nitrogen and oxygen atoms in total. The standard InChI is InChI=1S/C26H29N7O3.C26H33N7O2.C26H32N6O3/c1-17-12-18(26-32-30-16-35-26)15-29-25(17)31-19-2-4-21(5-3-19)36-23-14-20(33-8-10-34-11-9-33)13-22-24(23)28-7-6-27-22;1-17-16-29-26(31-19-2-3-19)32-25(17)30-18-4-6-21(7-5-18)35-23-15-20(33-10-12-34-13-11-33)14-22-24(23)28-9-8-27-22;1-3-22(4-2-20(1)31-26-29-15-19(16-30-26)18-5-10-34-17-18)35-24-14-21(32-8-11-33-12-9-32)13-23-25(24)28-7-6-27-23/h6-7,12-16,19,21H,2-5,8-11H2,1H3,(H,29,31);8-9,14-16,18-19,21H,2-7,10-13H2,1H3,(H2,29,30,31,32);6-7,13-16,18,20,22H,1-5,8-12,17H2,(H,29,30,31). The first-order chi connectivity index (χ1) is 52.2. The molecule has 0 spiro atoms. The van der Waals surface area contributed by atoms with E-state index in [9.17, 15) is 0 Å². The molecule has 8 fully saturated rings. The number of hydrogen-bond donors (Lipinski definition) is 4. The lowest BCUT2D eigenvalue weighted by Gasteiger charge is -2.31. The molecule has 106 heavy (non-hydrogen) atoms. The molecule has 8 aliphatic rings. The number of aromatic nitrogens is 13. The van der Waals surface area contributed by atoms with Crippen LogP contribution in [0.15, 0.2) is 115 Å². The lowest BCUT2D eigenvalue weighted by Crippen LogP contribution is -2.36. The van der Waals surface area contributed by atoms with Crippen LogP contribution < -0.4 is 50.2 Å². The quantitative estimate of drug-likeness (QED) is 0.0584. The van der Waals surface area contributed by atoms with E-state index in [1.807, 2.05) is 31.6 Å². The smallest absolute Gasteiger partial charge is 0.248 e. The normalized spacial score (nSPS) is 22.7. The van der Waals surface area contributed by atoms with Crippen LogP contribution in [0.25, 0.3) is 44.6 Å². The Morgan fingerprint density at radius 1 is 0.387 bits per heavy atom. The Labute approximate surface area is 616 Å². The summed E-state index contributed by atoms with van der Waals surface area (Å²) in [4.78, 5) is 57.2. The summed E-state index contributed by atoms with van der Waals surface area (Å²) in [6.07, 6.45) is 35.2. The third-order valence-electron chi connectivity index (χ3n) is 21.3. The van der Waals surface area contributed by atoms with Gasteiger partial charge in [0.1, 0.15) is 45.4 Å². The van der Waals surface area contributed by atoms with Gasteiger partial charge in [-0.2, -0.15) is 4.98 Å². The zero-order chi connectivity index (χ0) is 71.4. The fraction of sp³-hybridized carbons (Fsp3) is 0.500.